The van der Waals surface area contributed by atoms with Crippen LogP contribution in [0.15, 0.2) is 24.5 Å². The zero-order chi connectivity index (χ0) is 16.0. The Hall–Kier alpha value is -2.34. The van der Waals surface area contributed by atoms with Gasteiger partial charge in [-0.05, 0) is 30.5 Å². The fraction of sp³-hybridized carbons (Fsp3) is 0.312. The van der Waals surface area contributed by atoms with Crippen LogP contribution in [0.3, 0.4) is 0 Å². The Morgan fingerprint density at radius 1 is 1.22 bits per heavy atom. The van der Waals surface area contributed by atoms with E-state index in [1.807, 2.05) is 6.07 Å². The fourth-order valence-electron chi connectivity index (χ4n) is 3.60. The van der Waals surface area contributed by atoms with Gasteiger partial charge in [0.15, 0.2) is 0 Å². The van der Waals surface area contributed by atoms with E-state index in [2.05, 4.69) is 20.6 Å². The Bertz CT molecular complexity index is 801. The average molecular weight is 330 g/mol. The SMILES string of the molecule is Nc1cc(Nc2cc(Cl)c3c(c2)C2(CCCC2)NC3=O)ncn1. The second kappa shape index (κ2) is 5.09. The summed E-state index contributed by atoms with van der Waals surface area (Å²) in [7, 11) is 0. The van der Waals surface area contributed by atoms with Crippen molar-refractivity contribution >= 4 is 34.8 Å². The molecule has 1 fully saturated rings. The van der Waals surface area contributed by atoms with Gasteiger partial charge in [0.2, 0.25) is 0 Å². The number of nitrogens with one attached hydrogen (secondary N) is 2. The van der Waals surface area contributed by atoms with E-state index in [0.29, 0.717) is 22.2 Å². The second-order valence-corrected chi connectivity index (χ2v) is 6.48. The van der Waals surface area contributed by atoms with Crippen molar-refractivity contribution in [1.82, 2.24) is 15.3 Å². The van der Waals surface area contributed by atoms with Crippen molar-refractivity contribution < 1.29 is 4.79 Å². The van der Waals surface area contributed by atoms with E-state index < -0.39 is 0 Å². The fourth-order valence-corrected chi connectivity index (χ4v) is 3.90. The van der Waals surface area contributed by atoms with Crippen molar-refractivity contribution in [3.05, 3.63) is 40.7 Å². The van der Waals surface area contributed by atoms with Gasteiger partial charge in [0.1, 0.15) is 18.0 Å². The first kappa shape index (κ1) is 14.3. The van der Waals surface area contributed by atoms with Crippen molar-refractivity contribution in [2.45, 2.75) is 31.2 Å². The number of halogens is 1. The van der Waals surface area contributed by atoms with Crippen LogP contribution in [0.4, 0.5) is 17.3 Å². The van der Waals surface area contributed by atoms with Crippen molar-refractivity contribution in [1.29, 1.82) is 0 Å². The van der Waals surface area contributed by atoms with E-state index >= 15 is 0 Å². The standard InChI is InChI=1S/C16H16ClN5O/c17-11-6-9(21-13-7-12(18)19-8-20-13)5-10-14(11)15(23)22-16(10)3-1-2-4-16/h5-8H,1-4H2,(H,22,23)(H3,18,19,20,21). The number of hydrogen-bond acceptors (Lipinski definition) is 5. The number of anilines is 3. The maximum absolute atomic E-state index is 12.3. The summed E-state index contributed by atoms with van der Waals surface area (Å²) >= 11 is 6.37. The topological polar surface area (TPSA) is 92.9 Å². The maximum Gasteiger partial charge on any atom is 0.253 e. The van der Waals surface area contributed by atoms with Crippen LogP contribution in [0.25, 0.3) is 0 Å². The number of carbonyl (C=O) groups is 1. The number of rotatable bonds is 2. The van der Waals surface area contributed by atoms with Gasteiger partial charge in [-0.3, -0.25) is 4.79 Å². The molecule has 0 bridgehead atoms. The molecule has 1 aromatic heterocycles. The summed E-state index contributed by atoms with van der Waals surface area (Å²) in [5, 5.41) is 6.77. The lowest BCUT2D eigenvalue weighted by Gasteiger charge is -2.25. The highest BCUT2D eigenvalue weighted by Gasteiger charge is 2.45. The van der Waals surface area contributed by atoms with E-state index in [0.717, 1.165) is 36.9 Å². The number of amides is 1. The molecule has 118 valence electrons. The Morgan fingerprint density at radius 3 is 2.74 bits per heavy atom. The molecule has 4 rings (SSSR count). The van der Waals surface area contributed by atoms with Crippen LogP contribution in [0.1, 0.15) is 41.6 Å². The summed E-state index contributed by atoms with van der Waals surface area (Å²) < 4.78 is 0. The number of carbonyl (C=O) groups excluding carboxylic acids is 1. The predicted octanol–water partition coefficient (Wildman–Crippen LogP) is 2.97. The van der Waals surface area contributed by atoms with Gasteiger partial charge in [-0.2, -0.15) is 0 Å². The molecule has 2 heterocycles. The van der Waals surface area contributed by atoms with Crippen LogP contribution in [0, 0.1) is 0 Å². The number of aromatic nitrogens is 2. The highest BCUT2D eigenvalue weighted by Crippen LogP contribution is 2.46. The summed E-state index contributed by atoms with van der Waals surface area (Å²) in [5.41, 5.74) is 7.78. The lowest BCUT2D eigenvalue weighted by Crippen LogP contribution is -2.36. The summed E-state index contributed by atoms with van der Waals surface area (Å²) in [5.74, 6) is 0.898. The van der Waals surface area contributed by atoms with Gasteiger partial charge < -0.3 is 16.4 Å². The van der Waals surface area contributed by atoms with Gasteiger partial charge in [-0.15, -0.1) is 0 Å². The molecule has 23 heavy (non-hydrogen) atoms. The van der Waals surface area contributed by atoms with E-state index in [1.165, 1.54) is 6.33 Å². The quantitative estimate of drug-likeness (QED) is 0.787. The zero-order valence-electron chi connectivity index (χ0n) is 12.4. The molecule has 1 saturated carbocycles. The highest BCUT2D eigenvalue weighted by atomic mass is 35.5. The minimum absolute atomic E-state index is 0.0790. The third kappa shape index (κ3) is 2.30. The van der Waals surface area contributed by atoms with E-state index in [4.69, 9.17) is 17.3 Å². The third-order valence-corrected chi connectivity index (χ3v) is 4.90. The monoisotopic (exact) mass is 329 g/mol. The van der Waals surface area contributed by atoms with Gasteiger partial charge in [-0.25, -0.2) is 9.97 Å². The molecule has 1 aliphatic heterocycles. The Morgan fingerprint density at radius 2 is 2.00 bits per heavy atom. The van der Waals surface area contributed by atoms with Crippen molar-refractivity contribution in [2.24, 2.45) is 0 Å². The molecule has 1 aromatic carbocycles. The molecule has 2 aromatic rings. The maximum atomic E-state index is 12.3. The second-order valence-electron chi connectivity index (χ2n) is 6.08. The molecule has 2 aliphatic rings. The molecular weight excluding hydrogens is 314 g/mol. The van der Waals surface area contributed by atoms with Gasteiger partial charge >= 0.3 is 0 Å². The number of nitrogen functional groups attached to an aromatic ring is 1. The molecule has 1 amide bonds. The number of nitrogens with zero attached hydrogens (tertiary/aromatic N) is 2. The molecule has 0 unspecified atom stereocenters. The Kier molecular flexibility index (Phi) is 3.16. The molecule has 0 saturated heterocycles. The number of benzene rings is 1. The van der Waals surface area contributed by atoms with Crippen molar-refractivity contribution in [2.75, 3.05) is 11.1 Å². The first-order valence-electron chi connectivity index (χ1n) is 7.58. The van der Waals surface area contributed by atoms with E-state index in [1.54, 1.807) is 12.1 Å². The van der Waals surface area contributed by atoms with Crippen molar-refractivity contribution in [3.63, 3.8) is 0 Å². The van der Waals surface area contributed by atoms with Crippen LogP contribution < -0.4 is 16.4 Å². The number of hydrogen-bond donors (Lipinski definition) is 3. The average Bonchev–Trinajstić information content (AvgIpc) is 3.06. The molecule has 7 heteroatoms. The summed E-state index contributed by atoms with van der Waals surface area (Å²) in [4.78, 5) is 20.3. The largest absolute Gasteiger partial charge is 0.384 e. The van der Waals surface area contributed by atoms with Gasteiger partial charge in [0.25, 0.3) is 5.91 Å². The van der Waals surface area contributed by atoms with Gasteiger partial charge in [0.05, 0.1) is 16.1 Å². The number of fused-ring (bicyclic) bond motifs is 2. The lowest BCUT2D eigenvalue weighted by atomic mass is 9.88. The molecule has 6 nitrogen and oxygen atoms in total. The van der Waals surface area contributed by atoms with Crippen LogP contribution in [-0.2, 0) is 5.54 Å². The molecule has 0 radical (unpaired) electrons. The predicted molar refractivity (Wildman–Crippen MR) is 88.8 cm³/mol. The minimum Gasteiger partial charge on any atom is -0.384 e. The Labute approximate surface area is 138 Å². The zero-order valence-corrected chi connectivity index (χ0v) is 13.2. The van der Waals surface area contributed by atoms with Crippen LogP contribution >= 0.6 is 11.6 Å². The lowest BCUT2D eigenvalue weighted by molar-refractivity contribution is 0.0931. The molecule has 1 aliphatic carbocycles. The smallest absolute Gasteiger partial charge is 0.253 e. The third-order valence-electron chi connectivity index (χ3n) is 4.60. The summed E-state index contributed by atoms with van der Waals surface area (Å²) in [6.07, 6.45) is 5.52. The van der Waals surface area contributed by atoms with Crippen LogP contribution in [0.5, 0.6) is 0 Å². The Balaban J connectivity index is 1.76. The van der Waals surface area contributed by atoms with E-state index in [-0.39, 0.29) is 11.4 Å². The van der Waals surface area contributed by atoms with Gasteiger partial charge in [0, 0.05) is 11.8 Å². The van der Waals surface area contributed by atoms with E-state index in [9.17, 15) is 4.79 Å². The molecular formula is C16H16ClN5O. The summed E-state index contributed by atoms with van der Waals surface area (Å²) in [6, 6.07) is 5.38. The normalized spacial score (nSPS) is 18.0. The van der Waals surface area contributed by atoms with Crippen LogP contribution in [0.2, 0.25) is 5.02 Å². The van der Waals surface area contributed by atoms with Gasteiger partial charge in [-0.1, -0.05) is 24.4 Å². The first-order chi connectivity index (χ1) is 11.1. The highest BCUT2D eigenvalue weighted by molar-refractivity contribution is 6.34. The first-order valence-corrected chi connectivity index (χ1v) is 7.96. The summed E-state index contributed by atoms with van der Waals surface area (Å²) in [6.45, 7) is 0. The minimum atomic E-state index is -0.265. The molecule has 1 spiro atoms. The number of nitrogens with two attached hydrogens (primary N) is 1. The molecule has 0 atom stereocenters. The van der Waals surface area contributed by atoms with Crippen molar-refractivity contribution in [3.8, 4) is 0 Å². The molecule has 4 N–H and O–H groups in total. The van der Waals surface area contributed by atoms with Crippen LogP contribution in [-0.4, -0.2) is 15.9 Å².